The van der Waals surface area contributed by atoms with Gasteiger partial charge in [-0.1, -0.05) is 60.7 Å². The second-order valence-corrected chi connectivity index (χ2v) is 6.38. The number of methoxy groups -OCH3 is 1. The van der Waals surface area contributed by atoms with Crippen LogP contribution in [0.2, 0.25) is 0 Å². The highest BCUT2D eigenvalue weighted by Crippen LogP contribution is 2.35. The molecule has 0 aliphatic rings. The first-order chi connectivity index (χ1) is 14.7. The van der Waals surface area contributed by atoms with E-state index in [1.165, 1.54) is 0 Å². The van der Waals surface area contributed by atoms with E-state index < -0.39 is 6.16 Å². The van der Waals surface area contributed by atoms with Crippen LogP contribution in [0, 0.1) is 0 Å². The predicted octanol–water partition coefficient (Wildman–Crippen LogP) is 5.73. The van der Waals surface area contributed by atoms with Gasteiger partial charge in [0, 0.05) is 11.1 Å². The largest absolute Gasteiger partial charge is 0.516 e. The van der Waals surface area contributed by atoms with Gasteiger partial charge in [-0.25, -0.2) is 9.78 Å². The summed E-state index contributed by atoms with van der Waals surface area (Å²) in [6.45, 7) is 0.0970. The van der Waals surface area contributed by atoms with Crippen molar-refractivity contribution in [3.8, 4) is 34.4 Å². The van der Waals surface area contributed by atoms with Crippen molar-refractivity contribution in [1.29, 1.82) is 0 Å². The number of carbonyl (C=O) groups excluding carboxylic acids is 1. The molecule has 0 radical (unpaired) electrons. The third-order valence-electron chi connectivity index (χ3n) is 4.36. The lowest BCUT2D eigenvalue weighted by atomic mass is 10.1. The summed E-state index contributed by atoms with van der Waals surface area (Å²) in [6, 6.07) is 25.9. The molecule has 1 heterocycles. The van der Waals surface area contributed by atoms with Crippen LogP contribution in [0.25, 0.3) is 22.7 Å². The number of carbonyl (C=O) groups is 1. The molecule has 0 aliphatic heterocycles. The summed E-state index contributed by atoms with van der Waals surface area (Å²) >= 11 is 0. The highest BCUT2D eigenvalue weighted by atomic mass is 16.8. The Balaban J connectivity index is 1.58. The quantitative estimate of drug-likeness (QED) is 0.384. The van der Waals surface area contributed by atoms with Crippen molar-refractivity contribution >= 4 is 6.16 Å². The smallest absolute Gasteiger partial charge is 0.497 e. The first-order valence-electron chi connectivity index (χ1n) is 9.32. The fourth-order valence-electron chi connectivity index (χ4n) is 2.83. The molecule has 0 bridgehead atoms. The highest BCUT2D eigenvalue weighted by molar-refractivity contribution is 5.72. The lowest BCUT2D eigenvalue weighted by molar-refractivity contribution is 0.0847. The van der Waals surface area contributed by atoms with Crippen molar-refractivity contribution in [3.63, 3.8) is 0 Å². The zero-order valence-electron chi connectivity index (χ0n) is 16.3. The maximum Gasteiger partial charge on any atom is 0.516 e. The van der Waals surface area contributed by atoms with E-state index in [0.717, 1.165) is 22.4 Å². The van der Waals surface area contributed by atoms with E-state index in [0.29, 0.717) is 11.6 Å². The Kier molecular flexibility index (Phi) is 5.75. The topological polar surface area (TPSA) is 70.8 Å². The van der Waals surface area contributed by atoms with Gasteiger partial charge in [-0.05, 0) is 29.8 Å². The van der Waals surface area contributed by atoms with Crippen molar-refractivity contribution in [2.45, 2.75) is 6.61 Å². The van der Waals surface area contributed by atoms with Gasteiger partial charge in [-0.2, -0.15) is 0 Å². The average Bonchev–Trinajstić information content (AvgIpc) is 3.22. The van der Waals surface area contributed by atoms with Crippen molar-refractivity contribution in [3.05, 3.63) is 90.5 Å². The minimum Gasteiger partial charge on any atom is -0.497 e. The molecule has 0 fully saturated rings. The number of nitrogens with zero attached hydrogens (tertiary/aromatic N) is 1. The Morgan fingerprint density at radius 1 is 0.867 bits per heavy atom. The van der Waals surface area contributed by atoms with Gasteiger partial charge >= 0.3 is 12.1 Å². The summed E-state index contributed by atoms with van der Waals surface area (Å²) in [6.07, 6.45) is -0.867. The average molecular weight is 401 g/mol. The summed E-state index contributed by atoms with van der Waals surface area (Å²) in [4.78, 5) is 16.8. The molecule has 4 aromatic rings. The van der Waals surface area contributed by atoms with Gasteiger partial charge in [0.15, 0.2) is 5.69 Å². The van der Waals surface area contributed by atoms with Gasteiger partial charge < -0.3 is 18.6 Å². The second kappa shape index (κ2) is 8.96. The molecule has 0 spiro atoms. The van der Waals surface area contributed by atoms with E-state index in [2.05, 4.69) is 4.98 Å². The lowest BCUT2D eigenvalue weighted by Crippen LogP contribution is -2.10. The second-order valence-electron chi connectivity index (χ2n) is 6.38. The Hall–Kier alpha value is -4.06. The summed E-state index contributed by atoms with van der Waals surface area (Å²) in [5.41, 5.74) is 2.75. The number of benzene rings is 3. The van der Waals surface area contributed by atoms with Crippen LogP contribution >= 0.6 is 0 Å². The summed E-state index contributed by atoms with van der Waals surface area (Å²) < 4.78 is 21.5. The molecule has 30 heavy (non-hydrogen) atoms. The van der Waals surface area contributed by atoms with E-state index in [-0.39, 0.29) is 12.6 Å². The minimum atomic E-state index is -0.867. The van der Waals surface area contributed by atoms with Gasteiger partial charge in [-0.15, -0.1) is 0 Å². The van der Waals surface area contributed by atoms with Gasteiger partial charge in [-0.3, -0.25) is 0 Å². The van der Waals surface area contributed by atoms with E-state index in [1.54, 1.807) is 19.2 Å². The molecule has 4 rings (SSSR count). The first-order valence-corrected chi connectivity index (χ1v) is 9.32. The van der Waals surface area contributed by atoms with Crippen LogP contribution in [0.15, 0.2) is 89.3 Å². The van der Waals surface area contributed by atoms with E-state index in [1.807, 2.05) is 72.8 Å². The Labute approximate surface area is 173 Å². The third kappa shape index (κ3) is 4.50. The highest BCUT2D eigenvalue weighted by Gasteiger charge is 2.21. The Morgan fingerprint density at radius 2 is 1.53 bits per heavy atom. The van der Waals surface area contributed by atoms with Crippen molar-refractivity contribution in [1.82, 2.24) is 4.98 Å². The predicted molar refractivity (Wildman–Crippen MR) is 111 cm³/mol. The fourth-order valence-corrected chi connectivity index (χ4v) is 2.83. The van der Waals surface area contributed by atoms with E-state index in [4.69, 9.17) is 18.6 Å². The van der Waals surface area contributed by atoms with Crippen LogP contribution in [0.1, 0.15) is 5.56 Å². The molecule has 0 aliphatic carbocycles. The third-order valence-corrected chi connectivity index (χ3v) is 4.36. The maximum atomic E-state index is 12.2. The van der Waals surface area contributed by atoms with Crippen LogP contribution in [-0.2, 0) is 11.3 Å². The van der Waals surface area contributed by atoms with Gasteiger partial charge in [0.25, 0.3) is 0 Å². The monoisotopic (exact) mass is 401 g/mol. The Morgan fingerprint density at radius 3 is 2.20 bits per heavy atom. The molecule has 0 saturated carbocycles. The Bertz CT molecular complexity index is 1110. The number of oxazole rings is 1. The van der Waals surface area contributed by atoms with E-state index >= 15 is 0 Å². The maximum absolute atomic E-state index is 12.2. The molecule has 6 nitrogen and oxygen atoms in total. The molecule has 150 valence electrons. The minimum absolute atomic E-state index is 0.0231. The van der Waals surface area contributed by atoms with Crippen LogP contribution < -0.4 is 9.47 Å². The SMILES string of the molecule is COc1ccc(-c2nc(-c3ccccc3)c(OC(=O)OCc3ccccc3)o2)cc1. The number of rotatable bonds is 6. The van der Waals surface area contributed by atoms with Crippen LogP contribution in [-0.4, -0.2) is 18.2 Å². The molecular formula is C24H19NO5. The van der Waals surface area contributed by atoms with E-state index in [9.17, 15) is 4.79 Å². The zero-order chi connectivity index (χ0) is 20.8. The van der Waals surface area contributed by atoms with Crippen molar-refractivity contribution < 1.29 is 23.4 Å². The molecule has 1 aromatic heterocycles. The number of ether oxygens (including phenoxy) is 3. The lowest BCUT2D eigenvalue weighted by Gasteiger charge is -2.05. The van der Waals surface area contributed by atoms with Gasteiger partial charge in [0.05, 0.1) is 7.11 Å². The molecule has 0 unspecified atom stereocenters. The number of hydrogen-bond acceptors (Lipinski definition) is 6. The van der Waals surface area contributed by atoms with Crippen LogP contribution in [0.4, 0.5) is 4.79 Å². The summed E-state index contributed by atoms with van der Waals surface area (Å²) in [5.74, 6) is 1.02. The molecule has 0 saturated heterocycles. The number of hydrogen-bond donors (Lipinski definition) is 0. The van der Waals surface area contributed by atoms with Crippen molar-refractivity contribution in [2.24, 2.45) is 0 Å². The molecule has 6 heteroatoms. The fraction of sp³-hybridized carbons (Fsp3) is 0.0833. The normalized spacial score (nSPS) is 10.4. The van der Waals surface area contributed by atoms with Gasteiger partial charge in [0.2, 0.25) is 5.89 Å². The zero-order valence-corrected chi connectivity index (χ0v) is 16.3. The van der Waals surface area contributed by atoms with Gasteiger partial charge in [0.1, 0.15) is 12.4 Å². The van der Waals surface area contributed by atoms with Crippen molar-refractivity contribution in [2.75, 3.05) is 7.11 Å². The number of aromatic nitrogens is 1. The standard InChI is InChI=1S/C24H19NO5/c1-27-20-14-12-19(13-15-20)22-25-21(18-10-6-3-7-11-18)23(29-22)30-24(26)28-16-17-8-4-2-5-9-17/h2-15H,16H2,1H3. The summed E-state index contributed by atoms with van der Waals surface area (Å²) in [5, 5.41) is 0. The summed E-state index contributed by atoms with van der Waals surface area (Å²) in [7, 11) is 1.60. The molecule has 3 aromatic carbocycles. The van der Waals surface area contributed by atoms with Crippen LogP contribution in [0.5, 0.6) is 11.7 Å². The molecular weight excluding hydrogens is 382 g/mol. The molecule has 0 N–H and O–H groups in total. The van der Waals surface area contributed by atoms with Crippen LogP contribution in [0.3, 0.4) is 0 Å². The molecule has 0 atom stereocenters. The first kappa shape index (κ1) is 19.3. The molecule has 0 amide bonds.